The normalized spacial score (nSPS) is 11.2. The number of hydrogen-bond acceptors (Lipinski definition) is 5. The number of benzene rings is 1. The summed E-state index contributed by atoms with van der Waals surface area (Å²) in [4.78, 5) is 10.8. The molecule has 0 aliphatic carbocycles. The van der Waals surface area contributed by atoms with Crippen molar-refractivity contribution >= 4 is 11.5 Å². The molecule has 0 unspecified atom stereocenters. The molecule has 0 aliphatic heterocycles. The summed E-state index contributed by atoms with van der Waals surface area (Å²) in [6, 6.07) is 8.47. The molecule has 1 N–H and O–H groups in total. The van der Waals surface area contributed by atoms with Crippen molar-refractivity contribution in [3.63, 3.8) is 0 Å². The van der Waals surface area contributed by atoms with Gasteiger partial charge in [0.2, 0.25) is 5.88 Å². The molecule has 3 aromatic heterocycles. The number of nitrogens with zero attached hydrogens (tertiary/aromatic N) is 5. The number of halogens is 2. The van der Waals surface area contributed by atoms with Gasteiger partial charge in [-0.2, -0.15) is 9.61 Å². The molecule has 0 atom stereocenters. The van der Waals surface area contributed by atoms with Gasteiger partial charge in [-0.25, -0.2) is 18.7 Å². The maximum absolute atomic E-state index is 14.4. The number of aryl methyl sites for hydroxylation is 1. The van der Waals surface area contributed by atoms with Gasteiger partial charge in [-0.05, 0) is 31.2 Å². The van der Waals surface area contributed by atoms with Gasteiger partial charge in [0.05, 0.1) is 17.0 Å². The first-order valence-electron chi connectivity index (χ1n) is 8.53. The minimum absolute atomic E-state index is 0.145. The molecule has 4 aromatic rings. The van der Waals surface area contributed by atoms with Crippen LogP contribution in [-0.2, 0) is 0 Å². The predicted molar refractivity (Wildman–Crippen MR) is 102 cm³/mol. The van der Waals surface area contributed by atoms with Crippen LogP contribution in [0.25, 0.3) is 28.0 Å². The van der Waals surface area contributed by atoms with Gasteiger partial charge in [-0.15, -0.1) is 0 Å². The summed E-state index contributed by atoms with van der Waals surface area (Å²) in [5.41, 5.74) is 2.45. The Bertz CT molecular complexity index is 1190. The highest BCUT2D eigenvalue weighted by molar-refractivity contribution is 5.82. The van der Waals surface area contributed by atoms with E-state index in [0.29, 0.717) is 22.5 Å². The topological polar surface area (TPSA) is 66.6 Å². The summed E-state index contributed by atoms with van der Waals surface area (Å²) in [6.45, 7) is 1.68. The van der Waals surface area contributed by atoms with Crippen molar-refractivity contribution in [2.45, 2.75) is 6.92 Å². The zero-order valence-corrected chi connectivity index (χ0v) is 15.5. The fourth-order valence-corrected chi connectivity index (χ4v) is 3.07. The second kappa shape index (κ2) is 6.56. The molecule has 0 saturated heterocycles. The molecule has 0 bridgehead atoms. The molecule has 3 heterocycles. The minimum atomic E-state index is -0.721. The molecule has 6 nitrogen and oxygen atoms in total. The molecule has 4 rings (SSSR count). The Hall–Kier alpha value is -3.55. The van der Waals surface area contributed by atoms with Crippen LogP contribution in [-0.4, -0.2) is 38.8 Å². The quantitative estimate of drug-likeness (QED) is 0.584. The Morgan fingerprint density at radius 2 is 1.86 bits per heavy atom. The summed E-state index contributed by atoms with van der Waals surface area (Å²) in [6.07, 6.45) is 1.65. The molecule has 0 amide bonds. The Kier molecular flexibility index (Phi) is 4.18. The highest BCUT2D eigenvalue weighted by Crippen LogP contribution is 2.33. The molecule has 0 radical (unpaired) electrons. The molecule has 142 valence electrons. The summed E-state index contributed by atoms with van der Waals surface area (Å²) in [7, 11) is 3.77. The number of pyridine rings is 1. The SMILES string of the molecule is Cc1nn2c(O)cc(-c3ccc(N(C)C)nc3)nc2c1-c1ccc(F)cc1F. The van der Waals surface area contributed by atoms with Crippen LogP contribution in [0.2, 0.25) is 0 Å². The van der Waals surface area contributed by atoms with E-state index in [1.54, 1.807) is 13.1 Å². The van der Waals surface area contributed by atoms with E-state index >= 15 is 0 Å². The monoisotopic (exact) mass is 381 g/mol. The van der Waals surface area contributed by atoms with Gasteiger partial charge in [0.1, 0.15) is 17.5 Å². The lowest BCUT2D eigenvalue weighted by Crippen LogP contribution is -2.10. The zero-order valence-electron chi connectivity index (χ0n) is 15.5. The van der Waals surface area contributed by atoms with E-state index in [-0.39, 0.29) is 17.1 Å². The van der Waals surface area contributed by atoms with Crippen LogP contribution in [0.3, 0.4) is 0 Å². The van der Waals surface area contributed by atoms with Gasteiger partial charge >= 0.3 is 0 Å². The lowest BCUT2D eigenvalue weighted by Gasteiger charge is -2.11. The van der Waals surface area contributed by atoms with Gasteiger partial charge in [-0.1, -0.05) is 0 Å². The Labute approximate surface area is 159 Å². The third kappa shape index (κ3) is 2.92. The molecule has 28 heavy (non-hydrogen) atoms. The van der Waals surface area contributed by atoms with Crippen molar-refractivity contribution in [1.82, 2.24) is 19.6 Å². The van der Waals surface area contributed by atoms with E-state index in [0.717, 1.165) is 11.9 Å². The molecule has 8 heteroatoms. The van der Waals surface area contributed by atoms with Crippen LogP contribution < -0.4 is 4.90 Å². The van der Waals surface area contributed by atoms with E-state index < -0.39 is 11.6 Å². The van der Waals surface area contributed by atoms with E-state index in [2.05, 4.69) is 15.1 Å². The van der Waals surface area contributed by atoms with E-state index in [4.69, 9.17) is 0 Å². The van der Waals surface area contributed by atoms with Gasteiger partial charge in [0, 0.05) is 43.6 Å². The van der Waals surface area contributed by atoms with Crippen LogP contribution in [0.1, 0.15) is 5.69 Å². The van der Waals surface area contributed by atoms with Crippen LogP contribution in [0.4, 0.5) is 14.6 Å². The second-order valence-electron chi connectivity index (χ2n) is 6.62. The first kappa shape index (κ1) is 17.8. The number of rotatable bonds is 3. The number of aromatic nitrogens is 4. The van der Waals surface area contributed by atoms with Crippen LogP contribution in [0, 0.1) is 18.6 Å². The molecular formula is C20H17F2N5O. The molecule has 1 aromatic carbocycles. The summed E-state index contributed by atoms with van der Waals surface area (Å²) in [5.74, 6) is -0.752. The van der Waals surface area contributed by atoms with E-state index in [1.165, 1.54) is 22.7 Å². The van der Waals surface area contributed by atoms with Crippen LogP contribution in [0.5, 0.6) is 5.88 Å². The molecular weight excluding hydrogens is 364 g/mol. The third-order valence-corrected chi connectivity index (χ3v) is 4.45. The molecule has 0 fully saturated rings. The van der Waals surface area contributed by atoms with Crippen molar-refractivity contribution in [2.75, 3.05) is 19.0 Å². The summed E-state index contributed by atoms with van der Waals surface area (Å²) >= 11 is 0. The second-order valence-corrected chi connectivity index (χ2v) is 6.62. The Balaban J connectivity index is 1.92. The fraction of sp³-hybridized carbons (Fsp3) is 0.150. The Morgan fingerprint density at radius 3 is 2.50 bits per heavy atom. The first-order valence-corrected chi connectivity index (χ1v) is 8.53. The smallest absolute Gasteiger partial charge is 0.216 e. The molecule has 0 spiro atoms. The van der Waals surface area contributed by atoms with Crippen molar-refractivity contribution in [1.29, 1.82) is 0 Å². The highest BCUT2D eigenvalue weighted by atomic mass is 19.1. The van der Waals surface area contributed by atoms with Gasteiger partial charge in [0.25, 0.3) is 0 Å². The van der Waals surface area contributed by atoms with Crippen LogP contribution >= 0.6 is 0 Å². The van der Waals surface area contributed by atoms with Crippen LogP contribution in [0.15, 0.2) is 42.6 Å². The van der Waals surface area contributed by atoms with Gasteiger partial charge in [0.15, 0.2) is 5.65 Å². The summed E-state index contributed by atoms with van der Waals surface area (Å²) in [5, 5.41) is 14.7. The van der Waals surface area contributed by atoms with Crippen molar-refractivity contribution < 1.29 is 13.9 Å². The van der Waals surface area contributed by atoms with Gasteiger partial charge in [-0.3, -0.25) is 0 Å². The maximum Gasteiger partial charge on any atom is 0.216 e. The maximum atomic E-state index is 14.4. The number of fused-ring (bicyclic) bond motifs is 1. The standard InChI is InChI=1S/C20H17F2N5O/c1-11-19(14-6-5-13(21)8-15(14)22)20-24-16(9-18(28)27(20)25-11)12-4-7-17(23-10-12)26(2)3/h4-10,28H,1-3H3. The number of hydrogen-bond donors (Lipinski definition) is 1. The number of aromatic hydroxyl groups is 1. The largest absolute Gasteiger partial charge is 0.493 e. The van der Waals surface area contributed by atoms with Crippen molar-refractivity contribution in [2.24, 2.45) is 0 Å². The lowest BCUT2D eigenvalue weighted by atomic mass is 10.1. The third-order valence-electron chi connectivity index (χ3n) is 4.45. The molecule has 0 aliphatic rings. The highest BCUT2D eigenvalue weighted by Gasteiger charge is 2.20. The fourth-order valence-electron chi connectivity index (χ4n) is 3.07. The Morgan fingerprint density at radius 1 is 1.07 bits per heavy atom. The van der Waals surface area contributed by atoms with E-state index in [1.807, 2.05) is 31.1 Å². The average molecular weight is 381 g/mol. The van der Waals surface area contributed by atoms with Crippen molar-refractivity contribution in [3.05, 3.63) is 59.9 Å². The summed E-state index contributed by atoms with van der Waals surface area (Å²) < 4.78 is 28.9. The minimum Gasteiger partial charge on any atom is -0.493 e. The predicted octanol–water partition coefficient (Wildman–Crippen LogP) is 3.82. The zero-order chi connectivity index (χ0) is 20.0. The van der Waals surface area contributed by atoms with E-state index in [9.17, 15) is 13.9 Å². The first-order chi connectivity index (χ1) is 13.3. The lowest BCUT2D eigenvalue weighted by molar-refractivity contribution is 0.435. The molecule has 0 saturated carbocycles. The number of anilines is 1. The van der Waals surface area contributed by atoms with Crippen molar-refractivity contribution in [3.8, 4) is 28.3 Å². The average Bonchev–Trinajstić information content (AvgIpc) is 2.98. The van der Waals surface area contributed by atoms with Gasteiger partial charge < -0.3 is 10.0 Å².